The molecule has 0 saturated heterocycles. The number of hydrogen-bond acceptors (Lipinski definition) is 3. The number of rotatable bonds is 6. The van der Waals surface area contributed by atoms with E-state index in [1.54, 1.807) is 18.5 Å². The number of aryl methyl sites for hydroxylation is 1. The van der Waals surface area contributed by atoms with Crippen molar-refractivity contribution < 1.29 is 4.79 Å². The second-order valence-electron chi connectivity index (χ2n) is 3.72. The first-order chi connectivity index (χ1) is 7.24. The molecule has 0 aliphatic carbocycles. The third-order valence-corrected chi connectivity index (χ3v) is 2.37. The van der Waals surface area contributed by atoms with Crippen LogP contribution in [0.2, 0.25) is 0 Å². The van der Waals surface area contributed by atoms with Gasteiger partial charge >= 0.3 is 0 Å². The van der Waals surface area contributed by atoms with Crippen LogP contribution >= 0.6 is 0 Å². The summed E-state index contributed by atoms with van der Waals surface area (Å²) in [4.78, 5) is 15.3. The predicted molar refractivity (Wildman–Crippen MR) is 61.5 cm³/mol. The maximum absolute atomic E-state index is 11.3. The van der Waals surface area contributed by atoms with Crippen LogP contribution in [0, 0.1) is 0 Å². The van der Waals surface area contributed by atoms with Crippen molar-refractivity contribution in [2.24, 2.45) is 0 Å². The van der Waals surface area contributed by atoms with Crippen LogP contribution in [0.15, 0.2) is 18.5 Å². The molecule has 0 radical (unpaired) electrons. The molecule has 1 rings (SSSR count). The fourth-order valence-electron chi connectivity index (χ4n) is 1.53. The first-order valence-electron chi connectivity index (χ1n) is 5.44. The second kappa shape index (κ2) is 6.17. The fourth-order valence-corrected chi connectivity index (χ4v) is 1.53. The molecule has 1 aromatic heterocycles. The summed E-state index contributed by atoms with van der Waals surface area (Å²) in [5.41, 5.74) is 7.59. The van der Waals surface area contributed by atoms with Gasteiger partial charge in [0.15, 0.2) is 0 Å². The van der Waals surface area contributed by atoms with Crippen molar-refractivity contribution in [1.29, 1.82) is 0 Å². The van der Waals surface area contributed by atoms with Gasteiger partial charge in [-0.3, -0.25) is 9.78 Å². The van der Waals surface area contributed by atoms with Crippen molar-refractivity contribution in [3.05, 3.63) is 24.0 Å². The van der Waals surface area contributed by atoms with Crippen molar-refractivity contribution in [1.82, 2.24) is 4.98 Å². The molecule has 1 aromatic rings. The number of carbonyl (C=O) groups excluding carboxylic acids is 1. The van der Waals surface area contributed by atoms with E-state index < -0.39 is 0 Å². The van der Waals surface area contributed by atoms with Crippen LogP contribution in [0.1, 0.15) is 38.2 Å². The third kappa shape index (κ3) is 4.11. The maximum Gasteiger partial charge on any atom is 0.132 e. The molecule has 3 nitrogen and oxygen atoms in total. The summed E-state index contributed by atoms with van der Waals surface area (Å²) in [7, 11) is 0. The highest BCUT2D eigenvalue weighted by atomic mass is 16.1. The van der Waals surface area contributed by atoms with Gasteiger partial charge in [-0.05, 0) is 30.9 Å². The zero-order chi connectivity index (χ0) is 11.1. The topological polar surface area (TPSA) is 56.0 Å². The summed E-state index contributed by atoms with van der Waals surface area (Å²) in [5, 5.41) is 0. The van der Waals surface area contributed by atoms with Crippen LogP contribution in [0.5, 0.6) is 0 Å². The average Bonchev–Trinajstić information content (AvgIpc) is 2.21. The number of nitrogen functional groups attached to an aromatic ring is 1. The molecule has 1 heterocycles. The highest BCUT2D eigenvalue weighted by Crippen LogP contribution is 2.12. The molecule has 0 bridgehead atoms. The average molecular weight is 206 g/mol. The molecule has 0 aliphatic heterocycles. The number of carbonyl (C=O) groups is 1. The molecule has 2 N–H and O–H groups in total. The summed E-state index contributed by atoms with van der Waals surface area (Å²) in [6.07, 6.45) is 7.46. The Morgan fingerprint density at radius 2 is 2.27 bits per heavy atom. The predicted octanol–water partition coefficient (Wildman–Crippen LogP) is 2.36. The highest BCUT2D eigenvalue weighted by molar-refractivity contribution is 5.78. The minimum absolute atomic E-state index is 0.347. The van der Waals surface area contributed by atoms with Crippen molar-refractivity contribution >= 4 is 11.5 Å². The minimum Gasteiger partial charge on any atom is -0.398 e. The number of nitrogens with zero attached hydrogens (tertiary/aromatic N) is 1. The first-order valence-corrected chi connectivity index (χ1v) is 5.44. The van der Waals surface area contributed by atoms with Gasteiger partial charge < -0.3 is 5.73 Å². The zero-order valence-corrected chi connectivity index (χ0v) is 9.20. The molecule has 82 valence electrons. The molecule has 0 unspecified atom stereocenters. The highest BCUT2D eigenvalue weighted by Gasteiger charge is 2.02. The number of hydrogen-bond donors (Lipinski definition) is 1. The van der Waals surface area contributed by atoms with Crippen LogP contribution in [-0.2, 0) is 11.2 Å². The second-order valence-corrected chi connectivity index (χ2v) is 3.72. The van der Waals surface area contributed by atoms with E-state index in [-0.39, 0.29) is 0 Å². The lowest BCUT2D eigenvalue weighted by Crippen LogP contribution is -2.00. The van der Waals surface area contributed by atoms with E-state index in [4.69, 9.17) is 5.73 Å². The SMILES string of the molecule is CCCC(=O)CCCc1cnccc1N. The summed E-state index contributed by atoms with van der Waals surface area (Å²) in [6.45, 7) is 2.02. The van der Waals surface area contributed by atoms with Crippen LogP contribution in [0.3, 0.4) is 0 Å². The van der Waals surface area contributed by atoms with E-state index in [0.717, 1.165) is 30.5 Å². The van der Waals surface area contributed by atoms with Gasteiger partial charge in [0.2, 0.25) is 0 Å². The van der Waals surface area contributed by atoms with Crippen LogP contribution in [-0.4, -0.2) is 10.8 Å². The van der Waals surface area contributed by atoms with Crippen LogP contribution < -0.4 is 5.73 Å². The normalized spacial score (nSPS) is 10.2. The zero-order valence-electron chi connectivity index (χ0n) is 9.20. The van der Waals surface area contributed by atoms with E-state index in [9.17, 15) is 4.79 Å². The molecule has 0 spiro atoms. The summed E-state index contributed by atoms with van der Waals surface area (Å²) >= 11 is 0. The first kappa shape index (κ1) is 11.7. The quantitative estimate of drug-likeness (QED) is 0.777. The van der Waals surface area contributed by atoms with Crippen molar-refractivity contribution in [2.75, 3.05) is 5.73 Å². The van der Waals surface area contributed by atoms with E-state index in [1.807, 2.05) is 6.92 Å². The minimum atomic E-state index is 0.347. The number of aromatic nitrogens is 1. The Morgan fingerprint density at radius 1 is 1.47 bits per heavy atom. The van der Waals surface area contributed by atoms with E-state index >= 15 is 0 Å². The van der Waals surface area contributed by atoms with Gasteiger partial charge in [-0.2, -0.15) is 0 Å². The summed E-state index contributed by atoms with van der Waals surface area (Å²) < 4.78 is 0. The van der Waals surface area contributed by atoms with Crippen LogP contribution in [0.25, 0.3) is 0 Å². The lowest BCUT2D eigenvalue weighted by atomic mass is 10.1. The Labute approximate surface area is 90.7 Å². The maximum atomic E-state index is 11.3. The van der Waals surface area contributed by atoms with Gasteiger partial charge in [0, 0.05) is 30.9 Å². The van der Waals surface area contributed by atoms with Gasteiger partial charge in [0.1, 0.15) is 5.78 Å². The molecule has 0 saturated carbocycles. The Kier molecular flexibility index (Phi) is 4.81. The van der Waals surface area contributed by atoms with E-state index in [0.29, 0.717) is 18.6 Å². The molecule has 0 atom stereocenters. The smallest absolute Gasteiger partial charge is 0.132 e. The standard InChI is InChI=1S/C12H18N2O/c1-2-4-11(15)6-3-5-10-9-14-8-7-12(10)13/h7-9H,2-6H2,1H3,(H2,13,14). The van der Waals surface area contributed by atoms with Gasteiger partial charge in [-0.25, -0.2) is 0 Å². The molecule has 15 heavy (non-hydrogen) atoms. The number of Topliss-reactive ketones (excluding diaryl/α,β-unsaturated/α-hetero) is 1. The Balaban J connectivity index is 2.32. The molecular formula is C12H18N2O. The monoisotopic (exact) mass is 206 g/mol. The van der Waals surface area contributed by atoms with Crippen LogP contribution in [0.4, 0.5) is 5.69 Å². The van der Waals surface area contributed by atoms with Gasteiger partial charge in [0.25, 0.3) is 0 Å². The molecule has 0 amide bonds. The molecule has 0 aliphatic rings. The lowest BCUT2D eigenvalue weighted by molar-refractivity contribution is -0.119. The number of nitrogens with two attached hydrogens (primary N) is 1. The molecule has 0 aromatic carbocycles. The largest absolute Gasteiger partial charge is 0.398 e. The lowest BCUT2D eigenvalue weighted by Gasteiger charge is -2.03. The van der Waals surface area contributed by atoms with Crippen molar-refractivity contribution in [2.45, 2.75) is 39.0 Å². The molecule has 3 heteroatoms. The fraction of sp³-hybridized carbons (Fsp3) is 0.500. The summed E-state index contributed by atoms with van der Waals surface area (Å²) in [6, 6.07) is 1.79. The Hall–Kier alpha value is -1.38. The summed E-state index contributed by atoms with van der Waals surface area (Å²) in [5.74, 6) is 0.347. The van der Waals surface area contributed by atoms with Crippen molar-refractivity contribution in [3.63, 3.8) is 0 Å². The number of ketones is 1. The van der Waals surface area contributed by atoms with Gasteiger partial charge in [-0.15, -0.1) is 0 Å². The third-order valence-electron chi connectivity index (χ3n) is 2.37. The van der Waals surface area contributed by atoms with Gasteiger partial charge in [0.05, 0.1) is 0 Å². The number of pyridine rings is 1. The Bertz CT molecular complexity index is 323. The van der Waals surface area contributed by atoms with E-state index in [1.165, 1.54) is 0 Å². The Morgan fingerprint density at radius 3 is 2.93 bits per heavy atom. The molecular weight excluding hydrogens is 188 g/mol. The van der Waals surface area contributed by atoms with E-state index in [2.05, 4.69) is 4.98 Å². The number of anilines is 1. The molecule has 0 fully saturated rings. The van der Waals surface area contributed by atoms with Crippen molar-refractivity contribution in [3.8, 4) is 0 Å². The van der Waals surface area contributed by atoms with Gasteiger partial charge in [-0.1, -0.05) is 6.92 Å².